The Morgan fingerprint density at radius 1 is 1.19 bits per heavy atom. The summed E-state index contributed by atoms with van der Waals surface area (Å²) in [6.45, 7) is 5.20. The standard InChI is InChI=1S/C22H19F3N4O2/c1-12-8-13(2)10-16(9-12)29-18-11-15(22(23,24)25)4-5-17(18)20(21(29)31)14(3)27-28-19(30)6-7-26/h4-5,8-11,31H,6H2,1-3H3,(H,28,30)/b27-14+. The molecule has 0 unspecified atom stereocenters. The molecule has 6 nitrogen and oxygen atoms in total. The molecule has 160 valence electrons. The van der Waals surface area contributed by atoms with Gasteiger partial charge in [0.05, 0.1) is 28.4 Å². The van der Waals surface area contributed by atoms with Crippen molar-refractivity contribution in [2.75, 3.05) is 0 Å². The van der Waals surface area contributed by atoms with Crippen LogP contribution in [0.2, 0.25) is 0 Å². The fraction of sp³-hybridized carbons (Fsp3) is 0.227. The molecule has 2 N–H and O–H groups in total. The molecule has 2 aromatic carbocycles. The summed E-state index contributed by atoms with van der Waals surface area (Å²) < 4.78 is 41.4. The lowest BCUT2D eigenvalue weighted by Gasteiger charge is -2.11. The van der Waals surface area contributed by atoms with Gasteiger partial charge in [-0.3, -0.25) is 9.36 Å². The van der Waals surface area contributed by atoms with E-state index in [2.05, 4.69) is 10.5 Å². The van der Waals surface area contributed by atoms with E-state index in [1.54, 1.807) is 18.2 Å². The molecule has 0 aliphatic carbocycles. The van der Waals surface area contributed by atoms with E-state index >= 15 is 0 Å². The van der Waals surface area contributed by atoms with Gasteiger partial charge in [-0.15, -0.1) is 0 Å². The van der Waals surface area contributed by atoms with Gasteiger partial charge in [-0.05, 0) is 56.2 Å². The van der Waals surface area contributed by atoms with E-state index in [9.17, 15) is 23.1 Å². The summed E-state index contributed by atoms with van der Waals surface area (Å²) >= 11 is 0. The molecule has 0 saturated heterocycles. The van der Waals surface area contributed by atoms with Crippen LogP contribution < -0.4 is 5.43 Å². The molecule has 0 aliphatic heterocycles. The Balaban J connectivity index is 2.29. The van der Waals surface area contributed by atoms with Crippen molar-refractivity contribution in [3.05, 3.63) is 58.7 Å². The largest absolute Gasteiger partial charge is 0.494 e. The number of nitrogens with zero attached hydrogens (tertiary/aromatic N) is 3. The molecule has 0 bridgehead atoms. The highest BCUT2D eigenvalue weighted by molar-refractivity contribution is 6.13. The van der Waals surface area contributed by atoms with Crippen molar-refractivity contribution in [3.63, 3.8) is 0 Å². The highest BCUT2D eigenvalue weighted by Crippen LogP contribution is 2.39. The monoisotopic (exact) mass is 428 g/mol. The number of fused-ring (bicyclic) bond motifs is 1. The lowest BCUT2D eigenvalue weighted by molar-refractivity contribution is -0.137. The van der Waals surface area contributed by atoms with Gasteiger partial charge in [0.25, 0.3) is 5.91 Å². The number of aromatic hydroxyl groups is 1. The summed E-state index contributed by atoms with van der Waals surface area (Å²) in [7, 11) is 0. The number of hydrogen-bond acceptors (Lipinski definition) is 4. The van der Waals surface area contributed by atoms with Crippen molar-refractivity contribution < 1.29 is 23.1 Å². The first-order valence-corrected chi connectivity index (χ1v) is 9.26. The molecule has 0 radical (unpaired) electrons. The molecule has 1 aromatic heterocycles. The summed E-state index contributed by atoms with van der Waals surface area (Å²) in [6, 6.07) is 10.3. The first-order chi connectivity index (χ1) is 14.5. The lowest BCUT2D eigenvalue weighted by Crippen LogP contribution is -2.18. The predicted molar refractivity (Wildman–Crippen MR) is 110 cm³/mol. The van der Waals surface area contributed by atoms with E-state index in [-0.39, 0.29) is 22.7 Å². The topological polar surface area (TPSA) is 90.4 Å². The second-order valence-electron chi connectivity index (χ2n) is 7.18. The Bertz CT molecular complexity index is 1230. The molecule has 1 amide bonds. The third-order valence-electron chi connectivity index (χ3n) is 4.69. The zero-order valence-electron chi connectivity index (χ0n) is 17.0. The van der Waals surface area contributed by atoms with Crippen LogP contribution in [0.3, 0.4) is 0 Å². The second kappa shape index (κ2) is 8.14. The Hall–Kier alpha value is -3.80. The van der Waals surface area contributed by atoms with Crippen LogP contribution in [0.5, 0.6) is 5.88 Å². The minimum absolute atomic E-state index is 0.144. The summed E-state index contributed by atoms with van der Waals surface area (Å²) in [6.07, 6.45) is -4.96. The van der Waals surface area contributed by atoms with E-state index in [0.717, 1.165) is 23.3 Å². The van der Waals surface area contributed by atoms with Crippen molar-refractivity contribution in [3.8, 4) is 17.6 Å². The fourth-order valence-corrected chi connectivity index (χ4v) is 3.46. The minimum atomic E-state index is -4.56. The first-order valence-electron chi connectivity index (χ1n) is 9.26. The predicted octanol–water partition coefficient (Wildman–Crippen LogP) is 4.73. The van der Waals surface area contributed by atoms with Crippen LogP contribution in [0.25, 0.3) is 16.6 Å². The van der Waals surface area contributed by atoms with Gasteiger partial charge in [-0.25, -0.2) is 5.43 Å². The molecule has 0 aliphatic rings. The number of carbonyl (C=O) groups is 1. The molecule has 0 atom stereocenters. The highest BCUT2D eigenvalue weighted by atomic mass is 19.4. The van der Waals surface area contributed by atoms with Gasteiger partial charge < -0.3 is 5.11 Å². The number of nitrogens with one attached hydrogen (secondary N) is 1. The van der Waals surface area contributed by atoms with E-state index in [4.69, 9.17) is 5.26 Å². The Kier molecular flexibility index (Phi) is 5.75. The van der Waals surface area contributed by atoms with Crippen molar-refractivity contribution in [2.24, 2.45) is 5.10 Å². The van der Waals surface area contributed by atoms with Crippen LogP contribution in [-0.4, -0.2) is 21.3 Å². The molecule has 0 spiro atoms. The molecule has 31 heavy (non-hydrogen) atoms. The van der Waals surface area contributed by atoms with Crippen LogP contribution in [0.15, 0.2) is 41.5 Å². The number of hydrazone groups is 1. The molecule has 9 heteroatoms. The number of nitriles is 1. The van der Waals surface area contributed by atoms with Crippen molar-refractivity contribution >= 4 is 22.5 Å². The van der Waals surface area contributed by atoms with Gasteiger partial charge in [0.1, 0.15) is 6.42 Å². The zero-order chi connectivity index (χ0) is 22.9. The van der Waals surface area contributed by atoms with E-state index in [1.165, 1.54) is 17.6 Å². The summed E-state index contributed by atoms with van der Waals surface area (Å²) in [5.74, 6) is -0.950. The number of halogens is 3. The number of benzene rings is 2. The Labute approximate surface area is 176 Å². The SMILES string of the molecule is C/C(=N\NC(=O)CC#N)c1c(O)n(-c2cc(C)cc(C)c2)c2cc(C(F)(F)F)ccc12. The van der Waals surface area contributed by atoms with Crippen LogP contribution >= 0.6 is 0 Å². The van der Waals surface area contributed by atoms with Crippen LogP contribution in [-0.2, 0) is 11.0 Å². The van der Waals surface area contributed by atoms with E-state index in [0.29, 0.717) is 11.1 Å². The van der Waals surface area contributed by atoms with Gasteiger partial charge in [-0.2, -0.15) is 23.5 Å². The average molecular weight is 428 g/mol. The summed E-state index contributed by atoms with van der Waals surface area (Å²) in [5.41, 5.74) is 4.09. The van der Waals surface area contributed by atoms with Crippen molar-refractivity contribution in [2.45, 2.75) is 33.4 Å². The maximum Gasteiger partial charge on any atom is 0.416 e. The normalized spacial score (nSPS) is 12.1. The summed E-state index contributed by atoms with van der Waals surface area (Å²) in [5, 5.41) is 23.8. The third-order valence-corrected chi connectivity index (χ3v) is 4.69. The molecule has 0 saturated carbocycles. The quantitative estimate of drug-likeness (QED) is 0.465. The zero-order valence-corrected chi connectivity index (χ0v) is 17.0. The van der Waals surface area contributed by atoms with Crippen molar-refractivity contribution in [1.29, 1.82) is 5.26 Å². The number of alkyl halides is 3. The van der Waals surface area contributed by atoms with Crippen LogP contribution in [0, 0.1) is 25.2 Å². The molecular weight excluding hydrogens is 409 g/mol. The van der Waals surface area contributed by atoms with E-state index in [1.807, 2.05) is 19.9 Å². The number of hydrogen-bond donors (Lipinski definition) is 2. The molecule has 3 rings (SSSR count). The molecule has 1 heterocycles. The van der Waals surface area contributed by atoms with Crippen molar-refractivity contribution in [1.82, 2.24) is 9.99 Å². The number of aryl methyl sites for hydroxylation is 2. The van der Waals surface area contributed by atoms with Crippen LogP contribution in [0.4, 0.5) is 13.2 Å². The van der Waals surface area contributed by atoms with Gasteiger partial charge in [0, 0.05) is 11.1 Å². The maximum absolute atomic E-state index is 13.4. The third kappa shape index (κ3) is 4.38. The number of rotatable bonds is 4. The van der Waals surface area contributed by atoms with Gasteiger partial charge in [-0.1, -0.05) is 12.1 Å². The number of amides is 1. The average Bonchev–Trinajstić information content (AvgIpc) is 2.96. The molecular formula is C22H19F3N4O2. The van der Waals surface area contributed by atoms with E-state index < -0.39 is 24.1 Å². The first kappa shape index (κ1) is 21.9. The minimum Gasteiger partial charge on any atom is -0.494 e. The number of aromatic nitrogens is 1. The molecule has 0 fully saturated rings. The van der Waals surface area contributed by atoms with Gasteiger partial charge in [0.2, 0.25) is 5.88 Å². The van der Waals surface area contributed by atoms with Crippen LogP contribution in [0.1, 0.15) is 35.6 Å². The second-order valence-corrected chi connectivity index (χ2v) is 7.18. The van der Waals surface area contributed by atoms with Gasteiger partial charge in [0.15, 0.2) is 0 Å². The molecule has 3 aromatic rings. The fourth-order valence-electron chi connectivity index (χ4n) is 3.46. The Morgan fingerprint density at radius 3 is 2.42 bits per heavy atom. The maximum atomic E-state index is 13.4. The number of carbonyl (C=O) groups excluding carboxylic acids is 1. The summed E-state index contributed by atoms with van der Waals surface area (Å²) in [4.78, 5) is 11.6. The lowest BCUT2D eigenvalue weighted by atomic mass is 10.1. The highest BCUT2D eigenvalue weighted by Gasteiger charge is 2.32. The Morgan fingerprint density at radius 2 is 1.84 bits per heavy atom. The van der Waals surface area contributed by atoms with Gasteiger partial charge >= 0.3 is 6.18 Å². The smallest absolute Gasteiger partial charge is 0.416 e.